The molecule has 5 fully saturated rings. The number of alkyl halides is 2. The molecule has 2 atom stereocenters. The highest BCUT2D eigenvalue weighted by Gasteiger charge is 2.57. The maximum atomic E-state index is 13.8. The van der Waals surface area contributed by atoms with Crippen molar-refractivity contribution in [1.82, 2.24) is 19.8 Å². The van der Waals surface area contributed by atoms with E-state index in [1.54, 1.807) is 28.8 Å². The molecular formula is C35H34F2N6O4S. The lowest BCUT2D eigenvalue weighted by molar-refractivity contribution is -0.113. The summed E-state index contributed by atoms with van der Waals surface area (Å²) in [5.74, 6) is -3.74. The van der Waals surface area contributed by atoms with Crippen molar-refractivity contribution < 1.29 is 23.1 Å². The quantitative estimate of drug-likeness (QED) is 0.287. The van der Waals surface area contributed by atoms with Crippen molar-refractivity contribution in [3.63, 3.8) is 0 Å². The predicted octanol–water partition coefficient (Wildman–Crippen LogP) is 5.05. The lowest BCUT2D eigenvalue weighted by Crippen LogP contribution is -2.58. The third-order valence-corrected chi connectivity index (χ3v) is 11.2. The van der Waals surface area contributed by atoms with Crippen molar-refractivity contribution in [2.75, 3.05) is 31.6 Å². The molecule has 5 heterocycles. The van der Waals surface area contributed by atoms with Gasteiger partial charge in [0.05, 0.1) is 24.7 Å². The van der Waals surface area contributed by atoms with Gasteiger partial charge < -0.3 is 24.8 Å². The number of hydrogen-bond acceptors (Lipinski definition) is 8. The molecule has 2 amide bonds. The zero-order valence-corrected chi connectivity index (χ0v) is 27.0. The van der Waals surface area contributed by atoms with Crippen LogP contribution in [-0.4, -0.2) is 68.6 Å². The van der Waals surface area contributed by atoms with Crippen LogP contribution in [0.3, 0.4) is 0 Å². The molecule has 0 radical (unpaired) electrons. The predicted molar refractivity (Wildman–Crippen MR) is 175 cm³/mol. The molecule has 2 aromatic heterocycles. The van der Waals surface area contributed by atoms with Gasteiger partial charge in [0.1, 0.15) is 16.3 Å². The van der Waals surface area contributed by atoms with Gasteiger partial charge in [-0.2, -0.15) is 5.26 Å². The lowest BCUT2D eigenvalue weighted by atomic mass is 9.95. The van der Waals surface area contributed by atoms with Gasteiger partial charge in [-0.05, 0) is 85.5 Å². The van der Waals surface area contributed by atoms with Gasteiger partial charge in [-0.1, -0.05) is 6.07 Å². The number of carbonyl (C=O) groups excluding carboxylic acids is 2. The Balaban J connectivity index is 1.07. The number of fused-ring (bicyclic) bond motifs is 1. The summed E-state index contributed by atoms with van der Waals surface area (Å²) in [4.78, 5) is 46.2. The second-order valence-corrected chi connectivity index (χ2v) is 15.0. The van der Waals surface area contributed by atoms with Gasteiger partial charge in [0, 0.05) is 54.4 Å². The zero-order chi connectivity index (χ0) is 33.2. The summed E-state index contributed by atoms with van der Waals surface area (Å²) in [6.45, 7) is 0.555. The van der Waals surface area contributed by atoms with Crippen LogP contribution in [-0.2, 0) is 11.3 Å². The maximum Gasteiger partial charge on any atom is 0.282 e. The smallest absolute Gasteiger partial charge is 0.282 e. The molecule has 2 N–H and O–H groups in total. The number of halogens is 2. The van der Waals surface area contributed by atoms with Crippen molar-refractivity contribution >= 4 is 29.4 Å². The summed E-state index contributed by atoms with van der Waals surface area (Å²) in [6, 6.07) is 11.8. The minimum Gasteiger partial charge on any atom is -0.362 e. The first-order valence-electron chi connectivity index (χ1n) is 16.4. The molecule has 48 heavy (non-hydrogen) atoms. The molecule has 0 spiro atoms. The molecule has 3 aliphatic heterocycles. The standard InChI is InChI=1S/C35H34F2N6O4S/c36-34(37)18-42(19-34)32(45)26-10-20(14-38)3-8-25(26)23-12-28(22-4-5-22)40-30(13-23)41-31(44)27-11-21(16-43(33(27)46)24-6-7-24)15-39-17-35-29(48-35)2-1-9-47-35/h3,8,10-13,16,22,24,29,39H,1-2,4-7,9,15,17-19H2,(H,40,41,44)/t29?,35-/m0/s1. The number of benzene rings is 1. The van der Waals surface area contributed by atoms with Crippen LogP contribution in [0.4, 0.5) is 14.6 Å². The number of pyridine rings is 2. The van der Waals surface area contributed by atoms with Crippen molar-refractivity contribution in [1.29, 1.82) is 5.26 Å². The van der Waals surface area contributed by atoms with E-state index in [-0.39, 0.29) is 45.0 Å². The summed E-state index contributed by atoms with van der Waals surface area (Å²) >= 11 is 1.85. The fraction of sp³-hybridized carbons (Fsp3) is 0.457. The number of anilines is 1. The molecule has 248 valence electrons. The summed E-state index contributed by atoms with van der Waals surface area (Å²) in [5.41, 5.74) is 2.52. The molecule has 0 bridgehead atoms. The third-order valence-electron chi connectivity index (χ3n) is 9.62. The van der Waals surface area contributed by atoms with Gasteiger partial charge in [0.2, 0.25) is 0 Å². The van der Waals surface area contributed by atoms with E-state index < -0.39 is 30.8 Å². The second kappa shape index (κ2) is 11.8. The van der Waals surface area contributed by atoms with Crippen molar-refractivity contribution in [2.45, 2.75) is 73.1 Å². The molecule has 3 aromatic rings. The summed E-state index contributed by atoms with van der Waals surface area (Å²) in [5, 5.41) is 16.3. The zero-order valence-electron chi connectivity index (χ0n) is 26.1. The minimum absolute atomic E-state index is 0.0140. The molecule has 10 nitrogen and oxygen atoms in total. The van der Waals surface area contributed by atoms with E-state index >= 15 is 0 Å². The molecule has 1 aromatic carbocycles. The average molecular weight is 673 g/mol. The molecule has 2 aliphatic carbocycles. The number of carbonyl (C=O) groups is 2. The molecule has 1 unspecified atom stereocenters. The van der Waals surface area contributed by atoms with Gasteiger partial charge in [-0.3, -0.25) is 14.4 Å². The molecule has 13 heteroatoms. The number of nitrogens with zero attached hydrogens (tertiary/aromatic N) is 4. The second-order valence-electron chi connectivity index (χ2n) is 13.5. The van der Waals surface area contributed by atoms with Crippen LogP contribution in [0.2, 0.25) is 0 Å². The Bertz CT molecular complexity index is 1930. The number of amides is 2. The largest absolute Gasteiger partial charge is 0.362 e. The Morgan fingerprint density at radius 3 is 2.60 bits per heavy atom. The first-order valence-corrected chi connectivity index (χ1v) is 17.3. The van der Waals surface area contributed by atoms with Crippen LogP contribution in [0.5, 0.6) is 0 Å². The van der Waals surface area contributed by atoms with Crippen LogP contribution in [0.25, 0.3) is 11.1 Å². The highest BCUT2D eigenvalue weighted by Crippen LogP contribution is 2.58. The normalized spacial score (nSPS) is 23.9. The molecule has 8 rings (SSSR count). The number of hydrogen-bond donors (Lipinski definition) is 2. The number of aromatic nitrogens is 2. The van der Waals surface area contributed by atoms with E-state index in [1.165, 1.54) is 6.07 Å². The van der Waals surface area contributed by atoms with Crippen molar-refractivity contribution in [3.05, 3.63) is 80.9 Å². The van der Waals surface area contributed by atoms with E-state index in [4.69, 9.17) is 9.72 Å². The minimum atomic E-state index is -2.94. The molecule has 2 saturated carbocycles. The molecule has 3 saturated heterocycles. The number of nitriles is 1. The first kappa shape index (κ1) is 31.2. The number of likely N-dealkylation sites (tertiary alicyclic amines) is 1. The van der Waals surface area contributed by atoms with Crippen molar-refractivity contribution in [2.24, 2.45) is 0 Å². The van der Waals surface area contributed by atoms with E-state index in [9.17, 15) is 28.4 Å². The third kappa shape index (κ3) is 6.13. The van der Waals surface area contributed by atoms with E-state index in [0.717, 1.165) is 61.3 Å². The van der Waals surface area contributed by atoms with Crippen LogP contribution in [0, 0.1) is 11.3 Å². The summed E-state index contributed by atoms with van der Waals surface area (Å²) in [7, 11) is 0. The van der Waals surface area contributed by atoms with Gasteiger partial charge >= 0.3 is 0 Å². The Hall–Kier alpha value is -4.12. The van der Waals surface area contributed by atoms with Crippen LogP contribution in [0.1, 0.15) is 88.0 Å². The Morgan fingerprint density at radius 1 is 1.08 bits per heavy atom. The van der Waals surface area contributed by atoms with Gasteiger partial charge in [-0.25, -0.2) is 13.8 Å². The Kier molecular flexibility index (Phi) is 7.65. The van der Waals surface area contributed by atoms with E-state index in [1.807, 2.05) is 30.1 Å². The van der Waals surface area contributed by atoms with Crippen molar-refractivity contribution in [3.8, 4) is 17.2 Å². The number of thioether (sulfide) groups is 1. The Morgan fingerprint density at radius 2 is 1.90 bits per heavy atom. The fourth-order valence-electron chi connectivity index (χ4n) is 6.67. The molecule has 5 aliphatic rings. The summed E-state index contributed by atoms with van der Waals surface area (Å²) in [6.07, 6.45) is 7.65. The monoisotopic (exact) mass is 672 g/mol. The Labute approximate surface area is 279 Å². The van der Waals surface area contributed by atoms with Crippen LogP contribution >= 0.6 is 11.8 Å². The highest BCUT2D eigenvalue weighted by atomic mass is 32.2. The number of nitrogens with one attached hydrogen (secondary N) is 2. The topological polar surface area (TPSA) is 129 Å². The first-order chi connectivity index (χ1) is 23.1. The van der Waals surface area contributed by atoms with Crippen LogP contribution in [0.15, 0.2) is 47.4 Å². The average Bonchev–Trinajstić information content (AvgIpc) is 3.92. The number of rotatable bonds is 10. The van der Waals surface area contributed by atoms with Gasteiger partial charge in [0.25, 0.3) is 23.3 Å². The maximum absolute atomic E-state index is 13.8. The van der Waals surface area contributed by atoms with Gasteiger partial charge in [-0.15, -0.1) is 11.8 Å². The van der Waals surface area contributed by atoms with Crippen LogP contribution < -0.4 is 16.2 Å². The lowest BCUT2D eigenvalue weighted by Gasteiger charge is -2.39. The summed E-state index contributed by atoms with van der Waals surface area (Å²) < 4.78 is 35.0. The highest BCUT2D eigenvalue weighted by molar-refractivity contribution is 8.08. The molecular weight excluding hydrogens is 638 g/mol. The fourth-order valence-corrected chi connectivity index (χ4v) is 7.97. The van der Waals surface area contributed by atoms with E-state index in [0.29, 0.717) is 29.5 Å². The number of ether oxygens (including phenoxy) is 1. The van der Waals surface area contributed by atoms with Gasteiger partial charge in [0.15, 0.2) is 0 Å². The van der Waals surface area contributed by atoms with E-state index in [2.05, 4.69) is 10.6 Å². The SMILES string of the molecule is N#Cc1ccc(-c2cc(NC(=O)c3cc(CNC[C@@]45OCCCC4S5)cn(C4CC4)c3=O)nc(C3CC3)c2)c(C(=O)N2CC(F)(F)C2)c1.